The quantitative estimate of drug-likeness (QED) is 0.854. The minimum Gasteiger partial charge on any atom is -0.377 e. The van der Waals surface area contributed by atoms with Gasteiger partial charge in [0.05, 0.1) is 6.10 Å². The molecule has 0 amide bonds. The zero-order chi connectivity index (χ0) is 13.2. The van der Waals surface area contributed by atoms with E-state index in [-0.39, 0.29) is 0 Å². The van der Waals surface area contributed by atoms with E-state index in [0.717, 1.165) is 18.3 Å². The lowest BCUT2D eigenvalue weighted by Gasteiger charge is -2.40. The van der Waals surface area contributed by atoms with Crippen molar-refractivity contribution in [1.29, 1.82) is 0 Å². The Labute approximate surface area is 116 Å². The topological polar surface area (TPSA) is 35.2 Å². The van der Waals surface area contributed by atoms with E-state index in [1.165, 1.54) is 32.1 Å². The Morgan fingerprint density at radius 3 is 2.61 bits per heavy atom. The van der Waals surface area contributed by atoms with Crippen LogP contribution in [-0.2, 0) is 4.74 Å². The molecule has 1 saturated heterocycles. The van der Waals surface area contributed by atoms with Gasteiger partial charge in [0.1, 0.15) is 0 Å². The molecule has 18 heavy (non-hydrogen) atoms. The van der Waals surface area contributed by atoms with Crippen molar-refractivity contribution in [2.45, 2.75) is 70.3 Å². The second-order valence-corrected chi connectivity index (χ2v) is 8.32. The molecule has 2 fully saturated rings. The summed E-state index contributed by atoms with van der Waals surface area (Å²) in [7, 11) is 0. The molecule has 1 heterocycles. The standard InChI is InChI=1S/C15H29NOS/c1-15(2,3)11-6-7-13(16)14(9-11)18-10-12-5-4-8-17-12/h11-14H,4-10,16H2,1-3H3. The smallest absolute Gasteiger partial charge is 0.0666 e. The fourth-order valence-corrected chi connectivity index (χ4v) is 4.61. The van der Waals surface area contributed by atoms with Gasteiger partial charge in [-0.05, 0) is 43.4 Å². The highest BCUT2D eigenvalue weighted by Crippen LogP contribution is 2.41. The predicted octanol–water partition coefficient (Wildman–Crippen LogP) is 3.44. The van der Waals surface area contributed by atoms with Crippen LogP contribution >= 0.6 is 11.8 Å². The summed E-state index contributed by atoms with van der Waals surface area (Å²) in [6, 6.07) is 0.398. The summed E-state index contributed by atoms with van der Waals surface area (Å²) in [4.78, 5) is 0. The fraction of sp³-hybridized carbons (Fsp3) is 1.00. The molecule has 0 bridgehead atoms. The van der Waals surface area contributed by atoms with E-state index in [1.807, 2.05) is 0 Å². The normalized spacial score (nSPS) is 38.0. The highest BCUT2D eigenvalue weighted by molar-refractivity contribution is 8.00. The van der Waals surface area contributed by atoms with Crippen LogP contribution in [0.3, 0.4) is 0 Å². The fourth-order valence-electron chi connectivity index (χ4n) is 3.14. The molecule has 2 aliphatic rings. The van der Waals surface area contributed by atoms with Gasteiger partial charge in [0, 0.05) is 23.7 Å². The first-order chi connectivity index (χ1) is 8.47. The Kier molecular flexibility index (Phi) is 5.01. The first-order valence-electron chi connectivity index (χ1n) is 7.45. The summed E-state index contributed by atoms with van der Waals surface area (Å²) >= 11 is 2.07. The van der Waals surface area contributed by atoms with Crippen LogP contribution in [0.5, 0.6) is 0 Å². The molecule has 1 aliphatic carbocycles. The highest BCUT2D eigenvalue weighted by Gasteiger charge is 2.35. The van der Waals surface area contributed by atoms with Crippen LogP contribution < -0.4 is 5.73 Å². The maximum Gasteiger partial charge on any atom is 0.0666 e. The molecule has 0 aromatic heterocycles. The van der Waals surface area contributed by atoms with Crippen LogP contribution in [0.2, 0.25) is 0 Å². The molecular formula is C15H29NOS. The molecule has 106 valence electrons. The van der Waals surface area contributed by atoms with E-state index in [1.54, 1.807) is 0 Å². The summed E-state index contributed by atoms with van der Waals surface area (Å²) in [5.41, 5.74) is 6.74. The molecule has 0 radical (unpaired) electrons. The zero-order valence-electron chi connectivity index (χ0n) is 12.2. The van der Waals surface area contributed by atoms with Crippen LogP contribution in [0, 0.1) is 11.3 Å². The van der Waals surface area contributed by atoms with Crippen molar-refractivity contribution in [2.75, 3.05) is 12.4 Å². The van der Waals surface area contributed by atoms with E-state index < -0.39 is 0 Å². The highest BCUT2D eigenvalue weighted by atomic mass is 32.2. The van der Waals surface area contributed by atoms with Gasteiger partial charge in [-0.1, -0.05) is 20.8 Å². The van der Waals surface area contributed by atoms with Gasteiger partial charge in [-0.15, -0.1) is 0 Å². The van der Waals surface area contributed by atoms with E-state index in [9.17, 15) is 0 Å². The molecule has 0 aromatic carbocycles. The average molecular weight is 271 g/mol. The SMILES string of the molecule is CC(C)(C)C1CCC(N)C(SCC2CCCO2)C1. The summed E-state index contributed by atoms with van der Waals surface area (Å²) in [6.07, 6.45) is 6.79. The maximum absolute atomic E-state index is 6.31. The summed E-state index contributed by atoms with van der Waals surface area (Å²) in [5, 5.41) is 0.646. The predicted molar refractivity (Wildman–Crippen MR) is 80.0 cm³/mol. The van der Waals surface area contributed by atoms with Crippen molar-refractivity contribution in [3.05, 3.63) is 0 Å². The molecule has 2 N–H and O–H groups in total. The number of ether oxygens (including phenoxy) is 1. The van der Waals surface area contributed by atoms with Gasteiger partial charge in [-0.2, -0.15) is 11.8 Å². The average Bonchev–Trinajstić information content (AvgIpc) is 2.79. The Hall–Kier alpha value is 0.270. The van der Waals surface area contributed by atoms with Crippen LogP contribution in [0.25, 0.3) is 0 Å². The molecule has 2 nitrogen and oxygen atoms in total. The summed E-state index contributed by atoms with van der Waals surface area (Å²) in [6.45, 7) is 8.08. The lowest BCUT2D eigenvalue weighted by atomic mass is 9.71. The van der Waals surface area contributed by atoms with Gasteiger partial charge in [-0.3, -0.25) is 0 Å². The van der Waals surface area contributed by atoms with Gasteiger partial charge in [0.15, 0.2) is 0 Å². The number of hydrogen-bond donors (Lipinski definition) is 1. The van der Waals surface area contributed by atoms with E-state index in [0.29, 0.717) is 22.8 Å². The van der Waals surface area contributed by atoms with Crippen molar-refractivity contribution < 1.29 is 4.74 Å². The first kappa shape index (κ1) is 14.7. The number of thioether (sulfide) groups is 1. The molecule has 1 aliphatic heterocycles. The van der Waals surface area contributed by atoms with Gasteiger partial charge in [0.2, 0.25) is 0 Å². The molecule has 4 unspecified atom stereocenters. The second-order valence-electron chi connectivity index (χ2n) is 7.05. The second kappa shape index (κ2) is 6.15. The molecule has 2 rings (SSSR count). The molecule has 0 spiro atoms. The lowest BCUT2D eigenvalue weighted by molar-refractivity contribution is 0.128. The number of rotatable bonds is 3. The monoisotopic (exact) mass is 271 g/mol. The summed E-state index contributed by atoms with van der Waals surface area (Å²) in [5.74, 6) is 1.98. The zero-order valence-corrected chi connectivity index (χ0v) is 13.0. The van der Waals surface area contributed by atoms with Crippen molar-refractivity contribution >= 4 is 11.8 Å². The molecule has 3 heteroatoms. The van der Waals surface area contributed by atoms with Crippen LogP contribution in [0.4, 0.5) is 0 Å². The maximum atomic E-state index is 6.31. The molecule has 4 atom stereocenters. The third-order valence-electron chi connectivity index (χ3n) is 4.59. The van der Waals surface area contributed by atoms with Crippen molar-refractivity contribution in [1.82, 2.24) is 0 Å². The van der Waals surface area contributed by atoms with Crippen LogP contribution in [-0.4, -0.2) is 29.8 Å². The third kappa shape index (κ3) is 3.88. The minimum absolute atomic E-state index is 0.398. The third-order valence-corrected chi connectivity index (χ3v) is 6.12. The molecule has 1 saturated carbocycles. The Morgan fingerprint density at radius 1 is 1.22 bits per heavy atom. The lowest BCUT2D eigenvalue weighted by Crippen LogP contribution is -2.42. The Balaban J connectivity index is 1.81. The number of nitrogens with two attached hydrogens (primary N) is 1. The van der Waals surface area contributed by atoms with Gasteiger partial charge >= 0.3 is 0 Å². The van der Waals surface area contributed by atoms with Gasteiger partial charge in [-0.25, -0.2) is 0 Å². The largest absolute Gasteiger partial charge is 0.377 e. The van der Waals surface area contributed by atoms with Crippen molar-refractivity contribution in [2.24, 2.45) is 17.1 Å². The van der Waals surface area contributed by atoms with Crippen molar-refractivity contribution in [3.63, 3.8) is 0 Å². The number of hydrogen-bond acceptors (Lipinski definition) is 3. The van der Waals surface area contributed by atoms with Crippen LogP contribution in [0.1, 0.15) is 52.9 Å². The summed E-state index contributed by atoms with van der Waals surface area (Å²) < 4.78 is 5.71. The van der Waals surface area contributed by atoms with E-state index in [4.69, 9.17) is 10.5 Å². The van der Waals surface area contributed by atoms with Crippen LogP contribution in [0.15, 0.2) is 0 Å². The van der Waals surface area contributed by atoms with Gasteiger partial charge in [0.25, 0.3) is 0 Å². The van der Waals surface area contributed by atoms with Crippen molar-refractivity contribution in [3.8, 4) is 0 Å². The van der Waals surface area contributed by atoms with Gasteiger partial charge < -0.3 is 10.5 Å². The minimum atomic E-state index is 0.398. The Bertz CT molecular complexity index is 258. The van der Waals surface area contributed by atoms with E-state index in [2.05, 4.69) is 32.5 Å². The Morgan fingerprint density at radius 2 is 2.00 bits per heavy atom. The van der Waals surface area contributed by atoms with E-state index >= 15 is 0 Å². The molecule has 0 aromatic rings. The molecular weight excluding hydrogens is 242 g/mol. The first-order valence-corrected chi connectivity index (χ1v) is 8.50.